The molecule has 0 heterocycles. The molecule has 0 aromatic heterocycles. The quantitative estimate of drug-likeness (QED) is 0.535. The number of hydrogen-bond acceptors (Lipinski definition) is 4. The van der Waals surface area contributed by atoms with Crippen LogP contribution >= 0.6 is 0 Å². The van der Waals surface area contributed by atoms with Crippen LogP contribution in [-0.2, 0) is 14.3 Å². The number of ether oxygens (including phenoxy) is 2. The minimum Gasteiger partial charge on any atom is -0.463 e. The summed E-state index contributed by atoms with van der Waals surface area (Å²) < 4.78 is 10.4. The molecule has 0 aromatic carbocycles. The number of rotatable bonds is 8. The van der Waals surface area contributed by atoms with Gasteiger partial charge in [0, 0.05) is 5.57 Å². The number of hydrogen-bond donors (Lipinski definition) is 1. The third-order valence-electron chi connectivity index (χ3n) is 3.12. The van der Waals surface area contributed by atoms with Crippen LogP contribution in [-0.4, -0.2) is 30.3 Å². The molecule has 0 fully saturated rings. The van der Waals surface area contributed by atoms with Crippen molar-refractivity contribution in [1.82, 2.24) is 5.32 Å². The summed E-state index contributed by atoms with van der Waals surface area (Å²) in [5.41, 5.74) is 0.0603. The minimum absolute atomic E-state index is 0.133. The van der Waals surface area contributed by atoms with E-state index in [4.69, 9.17) is 9.47 Å². The fraction of sp³-hybridized carbons (Fsp3) is 0.778. The Bertz CT molecular complexity index is 408. The number of unbranched alkanes of at least 4 members (excludes halogenated alkanes) is 1. The smallest absolute Gasteiger partial charge is 0.408 e. The highest BCUT2D eigenvalue weighted by Crippen LogP contribution is 2.15. The van der Waals surface area contributed by atoms with Crippen molar-refractivity contribution >= 4 is 12.1 Å². The molecular formula is C18H33NO4. The minimum atomic E-state index is -0.554. The number of nitrogens with one attached hydrogen (secondary N) is 1. The van der Waals surface area contributed by atoms with Crippen LogP contribution in [0.25, 0.3) is 0 Å². The molecule has 0 aliphatic rings. The van der Waals surface area contributed by atoms with E-state index in [1.54, 1.807) is 6.92 Å². The molecule has 1 atom stereocenters. The van der Waals surface area contributed by atoms with Crippen LogP contribution in [0.1, 0.15) is 67.7 Å². The zero-order valence-electron chi connectivity index (χ0n) is 15.7. The van der Waals surface area contributed by atoms with E-state index in [1.165, 1.54) is 0 Å². The van der Waals surface area contributed by atoms with Gasteiger partial charge >= 0.3 is 12.1 Å². The van der Waals surface area contributed by atoms with Crippen molar-refractivity contribution in [2.24, 2.45) is 5.92 Å². The fourth-order valence-corrected chi connectivity index (χ4v) is 1.91. The molecule has 1 N–H and O–H groups in total. The maximum atomic E-state index is 12.1. The molecule has 0 saturated heterocycles. The second kappa shape index (κ2) is 10.3. The van der Waals surface area contributed by atoms with Gasteiger partial charge in [0.2, 0.25) is 0 Å². The van der Waals surface area contributed by atoms with E-state index >= 15 is 0 Å². The predicted molar refractivity (Wildman–Crippen MR) is 92.2 cm³/mol. The van der Waals surface area contributed by atoms with Gasteiger partial charge in [0.25, 0.3) is 0 Å². The zero-order valence-corrected chi connectivity index (χ0v) is 15.7. The molecule has 0 rings (SSSR count). The maximum Gasteiger partial charge on any atom is 0.408 e. The highest BCUT2D eigenvalue weighted by molar-refractivity contribution is 5.88. The molecule has 5 heteroatoms. The van der Waals surface area contributed by atoms with E-state index in [0.29, 0.717) is 18.6 Å². The molecule has 0 bridgehead atoms. The van der Waals surface area contributed by atoms with Gasteiger partial charge in [-0.2, -0.15) is 0 Å². The van der Waals surface area contributed by atoms with Crippen molar-refractivity contribution in [1.29, 1.82) is 0 Å². The Hall–Kier alpha value is -1.52. The maximum absolute atomic E-state index is 12.1. The fourth-order valence-electron chi connectivity index (χ4n) is 1.91. The number of carbonyl (C=O) groups is 2. The number of carbonyl (C=O) groups excluding carboxylic acids is 2. The number of esters is 1. The van der Waals surface area contributed by atoms with E-state index in [2.05, 4.69) is 12.2 Å². The summed E-state index contributed by atoms with van der Waals surface area (Å²) in [4.78, 5) is 24.1. The first kappa shape index (κ1) is 21.5. The first-order valence-corrected chi connectivity index (χ1v) is 8.48. The van der Waals surface area contributed by atoms with E-state index in [1.807, 2.05) is 40.7 Å². The van der Waals surface area contributed by atoms with Gasteiger partial charge in [-0.25, -0.2) is 9.59 Å². The number of amides is 1. The Morgan fingerprint density at radius 3 is 2.22 bits per heavy atom. The van der Waals surface area contributed by atoms with Gasteiger partial charge in [0.15, 0.2) is 0 Å². The van der Waals surface area contributed by atoms with Crippen LogP contribution < -0.4 is 5.32 Å². The third-order valence-corrected chi connectivity index (χ3v) is 3.12. The summed E-state index contributed by atoms with van der Waals surface area (Å²) in [6, 6.07) is -0.277. The van der Waals surface area contributed by atoms with Gasteiger partial charge in [-0.1, -0.05) is 33.3 Å². The summed E-state index contributed by atoms with van der Waals surface area (Å²) in [7, 11) is 0. The summed E-state index contributed by atoms with van der Waals surface area (Å²) >= 11 is 0. The van der Waals surface area contributed by atoms with Crippen molar-refractivity contribution in [2.75, 3.05) is 6.61 Å². The van der Waals surface area contributed by atoms with E-state index in [0.717, 1.165) is 12.8 Å². The van der Waals surface area contributed by atoms with Crippen molar-refractivity contribution in [2.45, 2.75) is 79.4 Å². The standard InChI is InChI=1S/C18H33NO4/c1-8-10-11-14(16(20)22-9-2)12-15(13(3)4)19-17(21)23-18(5,6)7/h12-13,15H,8-11H2,1-7H3,(H,19,21)/b14-12+/t15-/m1/s1. The monoisotopic (exact) mass is 327 g/mol. The first-order valence-electron chi connectivity index (χ1n) is 8.48. The molecule has 0 saturated carbocycles. The Kier molecular flexibility index (Phi) is 9.61. The molecule has 0 aliphatic heterocycles. The van der Waals surface area contributed by atoms with Gasteiger partial charge in [-0.15, -0.1) is 0 Å². The Labute approximate surface area is 140 Å². The highest BCUT2D eigenvalue weighted by Gasteiger charge is 2.22. The van der Waals surface area contributed by atoms with Crippen LogP contribution in [0.15, 0.2) is 11.6 Å². The van der Waals surface area contributed by atoms with Crippen LogP contribution in [0.3, 0.4) is 0 Å². The topological polar surface area (TPSA) is 64.6 Å². The van der Waals surface area contributed by atoms with Gasteiger partial charge in [-0.05, 0) is 46.5 Å². The Balaban J connectivity index is 5.13. The molecule has 23 heavy (non-hydrogen) atoms. The van der Waals surface area contributed by atoms with Crippen LogP contribution in [0.5, 0.6) is 0 Å². The van der Waals surface area contributed by atoms with Crippen molar-refractivity contribution in [3.05, 3.63) is 11.6 Å². The third kappa shape index (κ3) is 9.97. The lowest BCUT2D eigenvalue weighted by molar-refractivity contribution is -0.138. The lowest BCUT2D eigenvalue weighted by Gasteiger charge is -2.24. The van der Waals surface area contributed by atoms with Gasteiger partial charge in [-0.3, -0.25) is 0 Å². The second-order valence-corrected chi connectivity index (χ2v) is 6.93. The molecule has 0 unspecified atom stereocenters. The highest BCUT2D eigenvalue weighted by atomic mass is 16.6. The molecule has 134 valence electrons. The molecule has 0 aliphatic carbocycles. The average molecular weight is 327 g/mol. The summed E-state index contributed by atoms with van der Waals surface area (Å²) in [6.07, 6.45) is 3.87. The van der Waals surface area contributed by atoms with Crippen LogP contribution in [0.2, 0.25) is 0 Å². The lowest BCUT2D eigenvalue weighted by Crippen LogP contribution is -2.41. The van der Waals surface area contributed by atoms with Crippen molar-refractivity contribution in [3.8, 4) is 0 Å². The molecule has 0 aromatic rings. The van der Waals surface area contributed by atoms with E-state index in [-0.39, 0.29) is 17.9 Å². The molecular weight excluding hydrogens is 294 g/mol. The molecule has 1 amide bonds. The van der Waals surface area contributed by atoms with Gasteiger partial charge < -0.3 is 14.8 Å². The summed E-state index contributed by atoms with van der Waals surface area (Å²) in [6.45, 7) is 13.6. The van der Waals surface area contributed by atoms with Crippen molar-refractivity contribution in [3.63, 3.8) is 0 Å². The second-order valence-electron chi connectivity index (χ2n) is 6.93. The van der Waals surface area contributed by atoms with Gasteiger partial charge in [0.1, 0.15) is 5.60 Å². The van der Waals surface area contributed by atoms with Crippen LogP contribution in [0, 0.1) is 5.92 Å². The largest absolute Gasteiger partial charge is 0.463 e. The predicted octanol–water partition coefficient (Wildman–Crippen LogP) is 4.22. The van der Waals surface area contributed by atoms with E-state index < -0.39 is 11.7 Å². The Morgan fingerprint density at radius 2 is 1.78 bits per heavy atom. The Morgan fingerprint density at radius 1 is 1.17 bits per heavy atom. The number of alkyl carbamates (subject to hydrolysis) is 1. The summed E-state index contributed by atoms with van der Waals surface area (Å²) in [5.74, 6) is -0.175. The molecule has 0 radical (unpaired) electrons. The van der Waals surface area contributed by atoms with Crippen LogP contribution in [0.4, 0.5) is 4.79 Å². The molecule has 5 nitrogen and oxygen atoms in total. The summed E-state index contributed by atoms with van der Waals surface area (Å²) in [5, 5.41) is 2.83. The molecule has 0 spiro atoms. The SMILES string of the molecule is CCCC/C(=C\[C@@H](NC(=O)OC(C)(C)C)C(C)C)C(=O)OCC. The zero-order chi connectivity index (χ0) is 18.0. The lowest BCUT2D eigenvalue weighted by atomic mass is 9.99. The normalized spacial score (nSPS) is 13.7. The van der Waals surface area contributed by atoms with Crippen molar-refractivity contribution < 1.29 is 19.1 Å². The first-order chi connectivity index (χ1) is 10.6. The van der Waals surface area contributed by atoms with Gasteiger partial charge in [0.05, 0.1) is 12.6 Å². The average Bonchev–Trinajstić information content (AvgIpc) is 2.39. The van der Waals surface area contributed by atoms with E-state index in [9.17, 15) is 9.59 Å².